The van der Waals surface area contributed by atoms with E-state index in [0.717, 1.165) is 38.6 Å². The first-order valence-electron chi connectivity index (χ1n) is 6.46. The van der Waals surface area contributed by atoms with Gasteiger partial charge in [0, 0.05) is 15.3 Å². The minimum atomic E-state index is -0.470. The molecule has 114 valence electrons. The number of thioether (sulfide) groups is 1. The summed E-state index contributed by atoms with van der Waals surface area (Å²) in [5, 5.41) is 1.53. The minimum Gasteiger partial charge on any atom is -0.497 e. The third-order valence-corrected chi connectivity index (χ3v) is 5.60. The van der Waals surface area contributed by atoms with Gasteiger partial charge in [0.2, 0.25) is 5.91 Å². The molecule has 0 aliphatic carbocycles. The van der Waals surface area contributed by atoms with E-state index < -0.39 is 5.25 Å². The van der Waals surface area contributed by atoms with Crippen LogP contribution >= 0.6 is 23.1 Å². The van der Waals surface area contributed by atoms with E-state index in [2.05, 4.69) is 5.32 Å². The van der Waals surface area contributed by atoms with E-state index in [-0.39, 0.29) is 11.1 Å². The molecule has 1 aromatic heterocycles. The van der Waals surface area contributed by atoms with E-state index in [1.165, 1.54) is 11.3 Å². The highest BCUT2D eigenvalue weighted by atomic mass is 32.2. The third-order valence-electron chi connectivity index (χ3n) is 3.25. The highest BCUT2D eigenvalue weighted by Crippen LogP contribution is 2.43. The van der Waals surface area contributed by atoms with Gasteiger partial charge in [0.15, 0.2) is 0 Å². The summed E-state index contributed by atoms with van der Waals surface area (Å²) in [7, 11) is 3.22. The number of hydrogen-bond acceptors (Lipinski definition) is 6. The predicted octanol–water partition coefficient (Wildman–Crippen LogP) is 3.46. The molecule has 1 unspecified atom stereocenters. The summed E-state index contributed by atoms with van der Waals surface area (Å²) in [4.78, 5) is 24.9. The maximum absolute atomic E-state index is 11.8. The average molecular weight is 335 g/mol. The van der Waals surface area contributed by atoms with Crippen LogP contribution in [0, 0.1) is 0 Å². The van der Waals surface area contributed by atoms with Crippen molar-refractivity contribution in [3.63, 3.8) is 0 Å². The quantitative estimate of drug-likeness (QED) is 0.927. The van der Waals surface area contributed by atoms with Crippen molar-refractivity contribution in [2.45, 2.75) is 5.25 Å². The van der Waals surface area contributed by atoms with Crippen LogP contribution in [0.1, 0.15) is 10.1 Å². The Hall–Kier alpha value is -1.99. The molecule has 0 spiro atoms. The van der Waals surface area contributed by atoms with Gasteiger partial charge in [-0.3, -0.25) is 14.9 Å². The lowest BCUT2D eigenvalue weighted by atomic mass is 10.1. The Balaban J connectivity index is 1.97. The minimum absolute atomic E-state index is 0.263. The summed E-state index contributed by atoms with van der Waals surface area (Å²) < 4.78 is 10.6. The van der Waals surface area contributed by atoms with Crippen molar-refractivity contribution >= 4 is 34.2 Å². The van der Waals surface area contributed by atoms with Crippen molar-refractivity contribution in [3.05, 3.63) is 35.2 Å². The molecule has 1 aromatic carbocycles. The number of ether oxygens (including phenoxy) is 2. The number of methoxy groups -OCH3 is 2. The van der Waals surface area contributed by atoms with Gasteiger partial charge in [0.1, 0.15) is 16.7 Å². The largest absolute Gasteiger partial charge is 0.497 e. The Morgan fingerprint density at radius 2 is 1.91 bits per heavy atom. The zero-order valence-electron chi connectivity index (χ0n) is 11.9. The summed E-state index contributed by atoms with van der Waals surface area (Å²) in [6.45, 7) is 0. The lowest BCUT2D eigenvalue weighted by molar-refractivity contribution is -0.119. The van der Waals surface area contributed by atoms with Crippen molar-refractivity contribution < 1.29 is 19.1 Å². The number of thiophene rings is 1. The lowest BCUT2D eigenvalue weighted by Gasteiger charge is -2.09. The smallest absolute Gasteiger partial charge is 0.286 e. The predicted molar refractivity (Wildman–Crippen MR) is 86.7 cm³/mol. The zero-order valence-corrected chi connectivity index (χ0v) is 13.5. The van der Waals surface area contributed by atoms with Gasteiger partial charge in [0.25, 0.3) is 5.24 Å². The molecule has 2 amide bonds. The Kier molecular flexibility index (Phi) is 4.08. The SMILES string of the molecule is COc1ccc(OC)c(-c2ccc(C3SC(=O)NC3=O)s2)c1. The van der Waals surface area contributed by atoms with E-state index in [9.17, 15) is 9.59 Å². The molecule has 0 radical (unpaired) electrons. The van der Waals surface area contributed by atoms with E-state index in [4.69, 9.17) is 9.47 Å². The second-order valence-corrected chi connectivity index (χ2v) is 6.74. The molecule has 1 N–H and O–H groups in total. The number of imide groups is 1. The number of carbonyl (C=O) groups is 2. The number of benzene rings is 1. The second-order valence-electron chi connectivity index (χ2n) is 4.54. The highest BCUT2D eigenvalue weighted by molar-refractivity contribution is 8.15. The van der Waals surface area contributed by atoms with Crippen LogP contribution in [0.3, 0.4) is 0 Å². The molecular weight excluding hydrogens is 322 g/mol. The Morgan fingerprint density at radius 1 is 1.09 bits per heavy atom. The highest BCUT2D eigenvalue weighted by Gasteiger charge is 2.34. The average Bonchev–Trinajstić information content (AvgIpc) is 3.12. The summed E-state index contributed by atoms with van der Waals surface area (Å²) in [6, 6.07) is 9.36. The van der Waals surface area contributed by atoms with Gasteiger partial charge in [-0.1, -0.05) is 0 Å². The molecular formula is C15H13NO4S2. The summed E-state index contributed by atoms with van der Waals surface area (Å²) in [5.41, 5.74) is 0.896. The molecule has 7 heteroatoms. The molecule has 1 aliphatic heterocycles. The van der Waals surface area contributed by atoms with E-state index in [1.54, 1.807) is 14.2 Å². The van der Waals surface area contributed by atoms with Crippen molar-refractivity contribution in [2.24, 2.45) is 0 Å². The zero-order chi connectivity index (χ0) is 15.7. The van der Waals surface area contributed by atoms with Crippen LogP contribution in [0.15, 0.2) is 30.3 Å². The molecule has 0 bridgehead atoms. The van der Waals surface area contributed by atoms with Crippen LogP contribution in [0.25, 0.3) is 10.4 Å². The van der Waals surface area contributed by atoms with E-state index >= 15 is 0 Å². The molecule has 2 heterocycles. The molecule has 5 nitrogen and oxygen atoms in total. The number of rotatable bonds is 4. The molecule has 1 atom stereocenters. The van der Waals surface area contributed by atoms with Crippen LogP contribution in [0.2, 0.25) is 0 Å². The number of carbonyl (C=O) groups excluding carboxylic acids is 2. The third kappa shape index (κ3) is 2.69. The van der Waals surface area contributed by atoms with Gasteiger partial charge < -0.3 is 9.47 Å². The van der Waals surface area contributed by atoms with Crippen molar-refractivity contribution in [1.82, 2.24) is 5.32 Å². The fourth-order valence-electron chi connectivity index (χ4n) is 2.19. The van der Waals surface area contributed by atoms with Crippen molar-refractivity contribution in [1.29, 1.82) is 0 Å². The first kappa shape index (κ1) is 14.9. The Labute approximate surface area is 135 Å². The summed E-state index contributed by atoms with van der Waals surface area (Å²) in [6.07, 6.45) is 0. The van der Waals surface area contributed by atoms with E-state index in [0.29, 0.717) is 0 Å². The van der Waals surface area contributed by atoms with Gasteiger partial charge in [-0.05, 0) is 42.1 Å². The van der Waals surface area contributed by atoms with Crippen LogP contribution in [0.5, 0.6) is 11.5 Å². The molecule has 3 rings (SSSR count). The summed E-state index contributed by atoms with van der Waals surface area (Å²) >= 11 is 2.48. The maximum atomic E-state index is 11.8. The molecule has 22 heavy (non-hydrogen) atoms. The van der Waals surface area contributed by atoms with Gasteiger partial charge in [-0.2, -0.15) is 0 Å². The monoisotopic (exact) mass is 335 g/mol. The van der Waals surface area contributed by atoms with Crippen LogP contribution in [-0.2, 0) is 4.79 Å². The Morgan fingerprint density at radius 3 is 2.55 bits per heavy atom. The topological polar surface area (TPSA) is 64.6 Å². The van der Waals surface area contributed by atoms with Gasteiger partial charge in [-0.25, -0.2) is 0 Å². The number of nitrogens with one attached hydrogen (secondary N) is 1. The normalized spacial score (nSPS) is 17.5. The van der Waals surface area contributed by atoms with Crippen molar-refractivity contribution in [2.75, 3.05) is 14.2 Å². The van der Waals surface area contributed by atoms with Crippen LogP contribution in [0.4, 0.5) is 4.79 Å². The summed E-state index contributed by atoms with van der Waals surface area (Å²) in [5.74, 6) is 1.20. The molecule has 1 fully saturated rings. The van der Waals surface area contributed by atoms with Crippen molar-refractivity contribution in [3.8, 4) is 21.9 Å². The lowest BCUT2D eigenvalue weighted by Crippen LogP contribution is -2.20. The molecule has 1 saturated heterocycles. The number of amides is 2. The first-order chi connectivity index (χ1) is 10.6. The van der Waals surface area contributed by atoms with Gasteiger partial charge in [-0.15, -0.1) is 11.3 Å². The molecule has 0 saturated carbocycles. The molecule has 2 aromatic rings. The maximum Gasteiger partial charge on any atom is 0.286 e. The van der Waals surface area contributed by atoms with Gasteiger partial charge in [0.05, 0.1) is 14.2 Å². The Bertz CT molecular complexity index is 741. The van der Waals surface area contributed by atoms with Crippen LogP contribution < -0.4 is 14.8 Å². The second kappa shape index (κ2) is 6.02. The number of hydrogen-bond donors (Lipinski definition) is 1. The van der Waals surface area contributed by atoms with Gasteiger partial charge >= 0.3 is 0 Å². The standard InChI is InChI=1S/C15H13NO4S2/c1-19-8-3-4-10(20-2)9(7-8)11-5-6-12(21-11)13-14(17)16-15(18)22-13/h3-7,13H,1-2H3,(H,16,17,18). The molecule has 1 aliphatic rings. The first-order valence-corrected chi connectivity index (χ1v) is 8.15. The fraction of sp³-hybridized carbons (Fsp3) is 0.200. The van der Waals surface area contributed by atoms with Crippen LogP contribution in [-0.4, -0.2) is 25.4 Å². The fourth-order valence-corrected chi connectivity index (χ4v) is 4.22. The van der Waals surface area contributed by atoms with E-state index in [1.807, 2.05) is 30.3 Å².